The SMILES string of the molecule is CCCCCCn1c(SCCS(C)(=O)=O)nc2sc3c(c2c1=O)CCC3. The van der Waals surface area contributed by atoms with Gasteiger partial charge in [-0.25, -0.2) is 13.4 Å². The minimum Gasteiger partial charge on any atom is -0.287 e. The second kappa shape index (κ2) is 8.44. The maximum Gasteiger partial charge on any atom is 0.263 e. The molecule has 1 aliphatic carbocycles. The molecule has 0 aliphatic heterocycles. The zero-order valence-corrected chi connectivity index (χ0v) is 17.9. The summed E-state index contributed by atoms with van der Waals surface area (Å²) >= 11 is 3.03. The van der Waals surface area contributed by atoms with Gasteiger partial charge in [0.25, 0.3) is 5.56 Å². The molecule has 2 aromatic rings. The molecule has 0 saturated heterocycles. The van der Waals surface area contributed by atoms with E-state index in [1.165, 1.54) is 28.5 Å². The lowest BCUT2D eigenvalue weighted by Gasteiger charge is -2.12. The van der Waals surface area contributed by atoms with Gasteiger partial charge in [0.15, 0.2) is 5.16 Å². The summed E-state index contributed by atoms with van der Waals surface area (Å²) in [6.07, 6.45) is 8.74. The third-order valence-electron chi connectivity index (χ3n) is 4.71. The van der Waals surface area contributed by atoms with E-state index in [0.29, 0.717) is 17.5 Å². The molecule has 3 rings (SSSR count). The predicted octanol–water partition coefficient (Wildman–Crippen LogP) is 3.66. The molecule has 0 saturated carbocycles. The molecule has 0 radical (unpaired) electrons. The second-order valence-electron chi connectivity index (χ2n) is 6.93. The van der Waals surface area contributed by atoms with Crippen LogP contribution in [0.3, 0.4) is 0 Å². The third-order valence-corrected chi connectivity index (χ3v) is 8.08. The summed E-state index contributed by atoms with van der Waals surface area (Å²) in [5, 5.41) is 1.48. The van der Waals surface area contributed by atoms with Crippen molar-refractivity contribution >= 4 is 43.2 Å². The smallest absolute Gasteiger partial charge is 0.263 e. The Morgan fingerprint density at radius 2 is 2.04 bits per heavy atom. The van der Waals surface area contributed by atoms with Crippen molar-refractivity contribution in [2.75, 3.05) is 17.8 Å². The normalized spacial score (nSPS) is 14.2. The Morgan fingerprint density at radius 3 is 2.77 bits per heavy atom. The third kappa shape index (κ3) is 4.51. The van der Waals surface area contributed by atoms with Crippen molar-refractivity contribution in [3.05, 3.63) is 20.8 Å². The first-order chi connectivity index (χ1) is 12.4. The van der Waals surface area contributed by atoms with Gasteiger partial charge in [0.2, 0.25) is 0 Å². The Kier molecular flexibility index (Phi) is 6.45. The highest BCUT2D eigenvalue weighted by Crippen LogP contribution is 2.35. The summed E-state index contributed by atoms with van der Waals surface area (Å²) < 4.78 is 24.6. The summed E-state index contributed by atoms with van der Waals surface area (Å²) in [5.74, 6) is 0.527. The number of hydrogen-bond donors (Lipinski definition) is 0. The Labute approximate surface area is 163 Å². The van der Waals surface area contributed by atoms with Gasteiger partial charge in [0, 0.05) is 23.4 Å². The molecule has 26 heavy (non-hydrogen) atoms. The molecule has 0 aromatic carbocycles. The van der Waals surface area contributed by atoms with Crippen LogP contribution < -0.4 is 5.56 Å². The molecule has 1 aliphatic rings. The van der Waals surface area contributed by atoms with Gasteiger partial charge in [-0.15, -0.1) is 11.3 Å². The van der Waals surface area contributed by atoms with Crippen LogP contribution in [-0.4, -0.2) is 35.7 Å². The van der Waals surface area contributed by atoms with Crippen LogP contribution in [0.5, 0.6) is 0 Å². The molecule has 0 fully saturated rings. The number of fused-ring (bicyclic) bond motifs is 3. The molecular weight excluding hydrogens is 388 g/mol. The van der Waals surface area contributed by atoms with Crippen LogP contribution in [0.2, 0.25) is 0 Å². The number of unbranched alkanes of at least 4 members (excludes halogenated alkanes) is 3. The quantitative estimate of drug-likeness (QED) is 0.356. The lowest BCUT2D eigenvalue weighted by Crippen LogP contribution is -2.24. The average Bonchev–Trinajstić information content (AvgIpc) is 3.13. The van der Waals surface area contributed by atoms with Gasteiger partial charge in [-0.2, -0.15) is 0 Å². The van der Waals surface area contributed by atoms with E-state index >= 15 is 0 Å². The van der Waals surface area contributed by atoms with E-state index in [-0.39, 0.29) is 11.3 Å². The van der Waals surface area contributed by atoms with Crippen molar-refractivity contribution in [1.29, 1.82) is 0 Å². The number of aromatic nitrogens is 2. The first-order valence-corrected chi connectivity index (χ1v) is 13.1. The van der Waals surface area contributed by atoms with Crippen molar-refractivity contribution in [3.8, 4) is 0 Å². The fourth-order valence-electron chi connectivity index (χ4n) is 3.35. The Bertz CT molecular complexity index is 945. The molecule has 8 heteroatoms. The van der Waals surface area contributed by atoms with Gasteiger partial charge >= 0.3 is 0 Å². The van der Waals surface area contributed by atoms with Crippen molar-refractivity contribution in [3.63, 3.8) is 0 Å². The number of nitrogens with zero attached hydrogens (tertiary/aromatic N) is 2. The zero-order chi connectivity index (χ0) is 18.7. The van der Waals surface area contributed by atoms with Crippen LogP contribution >= 0.6 is 23.1 Å². The van der Waals surface area contributed by atoms with Gasteiger partial charge < -0.3 is 0 Å². The van der Waals surface area contributed by atoms with E-state index in [4.69, 9.17) is 4.98 Å². The lowest BCUT2D eigenvalue weighted by molar-refractivity contribution is 0.531. The topological polar surface area (TPSA) is 69.0 Å². The van der Waals surface area contributed by atoms with Crippen LogP contribution in [0.25, 0.3) is 10.2 Å². The molecule has 2 heterocycles. The maximum atomic E-state index is 13.2. The largest absolute Gasteiger partial charge is 0.287 e. The van der Waals surface area contributed by atoms with Gasteiger partial charge in [0.1, 0.15) is 14.7 Å². The minimum atomic E-state index is -3.01. The minimum absolute atomic E-state index is 0.0627. The first kappa shape index (κ1) is 19.9. The Hall–Kier alpha value is -0.860. The Balaban J connectivity index is 1.93. The maximum absolute atomic E-state index is 13.2. The van der Waals surface area contributed by atoms with E-state index in [0.717, 1.165) is 55.2 Å². The van der Waals surface area contributed by atoms with Crippen molar-refractivity contribution in [2.45, 2.75) is 63.6 Å². The fourth-order valence-corrected chi connectivity index (χ4v) is 6.87. The summed E-state index contributed by atoms with van der Waals surface area (Å²) in [6.45, 7) is 2.83. The highest BCUT2D eigenvalue weighted by molar-refractivity contribution is 8.00. The molecule has 0 unspecified atom stereocenters. The highest BCUT2D eigenvalue weighted by Gasteiger charge is 2.23. The highest BCUT2D eigenvalue weighted by atomic mass is 32.2. The van der Waals surface area contributed by atoms with Crippen LogP contribution in [-0.2, 0) is 29.2 Å². The predicted molar refractivity (Wildman–Crippen MR) is 110 cm³/mol. The van der Waals surface area contributed by atoms with Crippen LogP contribution in [0, 0.1) is 0 Å². The summed E-state index contributed by atoms with van der Waals surface area (Å²) in [4.78, 5) is 20.1. The molecule has 2 aromatic heterocycles. The Morgan fingerprint density at radius 1 is 1.23 bits per heavy atom. The van der Waals surface area contributed by atoms with Crippen LogP contribution in [0.15, 0.2) is 9.95 Å². The van der Waals surface area contributed by atoms with Crippen LogP contribution in [0.1, 0.15) is 49.5 Å². The number of aryl methyl sites for hydroxylation is 2. The lowest BCUT2D eigenvalue weighted by atomic mass is 10.2. The molecule has 0 spiro atoms. The summed E-state index contributed by atoms with van der Waals surface area (Å²) in [5.41, 5.74) is 1.27. The average molecular weight is 415 g/mol. The molecule has 0 amide bonds. The monoisotopic (exact) mass is 414 g/mol. The molecule has 0 atom stereocenters. The number of thioether (sulfide) groups is 1. The molecule has 0 N–H and O–H groups in total. The van der Waals surface area contributed by atoms with Crippen molar-refractivity contribution in [1.82, 2.24) is 9.55 Å². The van der Waals surface area contributed by atoms with Gasteiger partial charge in [-0.1, -0.05) is 37.9 Å². The summed E-state index contributed by atoms with van der Waals surface area (Å²) in [7, 11) is -3.01. The van der Waals surface area contributed by atoms with E-state index < -0.39 is 9.84 Å². The van der Waals surface area contributed by atoms with Crippen LogP contribution in [0.4, 0.5) is 0 Å². The van der Waals surface area contributed by atoms with Crippen molar-refractivity contribution < 1.29 is 8.42 Å². The van der Waals surface area contributed by atoms with E-state index in [9.17, 15) is 13.2 Å². The van der Waals surface area contributed by atoms with E-state index in [2.05, 4.69) is 6.92 Å². The molecule has 5 nitrogen and oxygen atoms in total. The standard InChI is InChI=1S/C18H26N2O3S3/c1-3-4-5-6-10-20-17(21)15-13-8-7-9-14(13)25-16(15)19-18(20)24-11-12-26(2,22)23/h3-12H2,1-2H3. The van der Waals surface area contributed by atoms with Gasteiger partial charge in [-0.3, -0.25) is 9.36 Å². The number of thiophene rings is 1. The molecular formula is C18H26N2O3S3. The summed E-state index contributed by atoms with van der Waals surface area (Å²) in [6, 6.07) is 0. The van der Waals surface area contributed by atoms with Crippen molar-refractivity contribution in [2.24, 2.45) is 0 Å². The number of rotatable bonds is 9. The second-order valence-corrected chi connectivity index (χ2v) is 11.3. The van der Waals surface area contributed by atoms with E-state index in [1.54, 1.807) is 15.9 Å². The molecule has 144 valence electrons. The zero-order valence-electron chi connectivity index (χ0n) is 15.4. The molecule has 0 bridgehead atoms. The van der Waals surface area contributed by atoms with Gasteiger partial charge in [-0.05, 0) is 31.2 Å². The van der Waals surface area contributed by atoms with Gasteiger partial charge in [0.05, 0.1) is 11.1 Å². The number of sulfone groups is 1. The number of hydrogen-bond acceptors (Lipinski definition) is 6. The fraction of sp³-hybridized carbons (Fsp3) is 0.667. The van der Waals surface area contributed by atoms with E-state index in [1.807, 2.05) is 0 Å². The first-order valence-electron chi connectivity index (χ1n) is 9.26.